The van der Waals surface area contributed by atoms with Crippen molar-refractivity contribution >= 4 is 17.4 Å². The van der Waals surface area contributed by atoms with Gasteiger partial charge >= 0.3 is 12.4 Å². The highest BCUT2D eigenvalue weighted by Gasteiger charge is 2.41. The van der Waals surface area contributed by atoms with E-state index in [2.05, 4.69) is 24.8 Å². The number of aromatic nitrogens is 4. The number of nitrogens with two attached hydrogens (primary N) is 1. The highest BCUT2D eigenvalue weighted by molar-refractivity contribution is 6.29. The van der Waals surface area contributed by atoms with E-state index in [0.29, 0.717) is 13.0 Å². The molecule has 1 atom stereocenters. The first-order chi connectivity index (χ1) is 13.9. The topological polar surface area (TPSA) is 100.0 Å². The molecule has 0 aliphatic rings. The van der Waals surface area contributed by atoms with E-state index >= 15 is 0 Å². The van der Waals surface area contributed by atoms with Crippen molar-refractivity contribution in [1.29, 1.82) is 0 Å². The van der Waals surface area contributed by atoms with Gasteiger partial charge in [0.25, 0.3) is 5.89 Å². The molecule has 0 saturated carbocycles. The number of anilines is 1. The number of halogens is 7. The molecule has 1 unspecified atom stereocenters. The molecule has 160 valence electrons. The number of benzene rings is 1. The summed E-state index contributed by atoms with van der Waals surface area (Å²) in [7, 11) is 0. The molecular weight excluding hydrogens is 444 g/mol. The van der Waals surface area contributed by atoms with Gasteiger partial charge in [-0.1, -0.05) is 16.8 Å². The van der Waals surface area contributed by atoms with Crippen LogP contribution in [0.25, 0.3) is 23.0 Å². The Hall–Kier alpha value is -3.09. The van der Waals surface area contributed by atoms with Crippen molar-refractivity contribution in [3.63, 3.8) is 0 Å². The lowest BCUT2D eigenvalue weighted by Crippen LogP contribution is -2.31. The van der Waals surface area contributed by atoms with Crippen molar-refractivity contribution in [3.05, 3.63) is 35.1 Å². The highest BCUT2D eigenvalue weighted by atomic mass is 35.5. The maximum absolute atomic E-state index is 13.4. The summed E-state index contributed by atoms with van der Waals surface area (Å²) in [5.74, 6) is -1.67. The Morgan fingerprint density at radius 3 is 2.47 bits per heavy atom. The summed E-state index contributed by atoms with van der Waals surface area (Å²) in [6.45, 7) is 0.592. The molecule has 7 nitrogen and oxygen atoms in total. The second kappa shape index (κ2) is 7.63. The fourth-order valence-electron chi connectivity index (χ4n) is 2.22. The highest BCUT2D eigenvalue weighted by Crippen LogP contribution is 2.40. The standard InChI is InChI=1S/C16H10ClF6N5O2/c1-6(15(18,19)20)29-9-3-2-7(4-8(9)16(21,22)23)14-27-13(28-30-14)11-12(24)25-5-10(17)26-11/h2-6H,1H3,(H2,24,25). The molecule has 1 aromatic carbocycles. The lowest BCUT2D eigenvalue weighted by atomic mass is 10.1. The van der Waals surface area contributed by atoms with Gasteiger partial charge in [-0.25, -0.2) is 9.97 Å². The summed E-state index contributed by atoms with van der Waals surface area (Å²) in [6, 6.07) is 2.30. The van der Waals surface area contributed by atoms with Crippen LogP contribution < -0.4 is 10.5 Å². The van der Waals surface area contributed by atoms with E-state index in [-0.39, 0.29) is 33.9 Å². The summed E-state index contributed by atoms with van der Waals surface area (Å²) in [6.07, 6.45) is -11.1. The van der Waals surface area contributed by atoms with Crippen LogP contribution in [0.15, 0.2) is 28.9 Å². The van der Waals surface area contributed by atoms with Gasteiger partial charge in [0.05, 0.1) is 11.8 Å². The zero-order valence-electron chi connectivity index (χ0n) is 14.7. The van der Waals surface area contributed by atoms with Crippen LogP contribution in [-0.2, 0) is 6.18 Å². The summed E-state index contributed by atoms with van der Waals surface area (Å²) in [5.41, 5.74) is 3.91. The fraction of sp³-hybridized carbons (Fsp3) is 0.250. The quantitative estimate of drug-likeness (QED) is 0.567. The van der Waals surface area contributed by atoms with E-state index in [0.717, 1.165) is 18.3 Å². The smallest absolute Gasteiger partial charge is 0.425 e. The molecule has 0 aliphatic carbocycles. The van der Waals surface area contributed by atoms with Crippen LogP contribution in [0.1, 0.15) is 12.5 Å². The number of rotatable bonds is 4. The normalized spacial score (nSPS) is 13.3. The molecule has 3 aromatic rings. The molecule has 3 rings (SSSR count). The predicted molar refractivity (Wildman–Crippen MR) is 91.3 cm³/mol. The Labute approximate surface area is 168 Å². The van der Waals surface area contributed by atoms with Crippen molar-refractivity contribution in [3.8, 4) is 28.7 Å². The van der Waals surface area contributed by atoms with Gasteiger partial charge < -0.3 is 15.0 Å². The summed E-state index contributed by atoms with van der Waals surface area (Å²) >= 11 is 5.72. The third-order valence-electron chi connectivity index (χ3n) is 3.71. The van der Waals surface area contributed by atoms with Gasteiger partial charge in [0, 0.05) is 5.56 Å². The number of nitrogens with zero attached hydrogens (tertiary/aromatic N) is 4. The van der Waals surface area contributed by atoms with Crippen LogP contribution in [0.5, 0.6) is 5.75 Å². The molecule has 14 heteroatoms. The van der Waals surface area contributed by atoms with E-state index in [1.807, 2.05) is 0 Å². The average Bonchev–Trinajstić information content (AvgIpc) is 3.12. The fourth-order valence-corrected chi connectivity index (χ4v) is 2.36. The van der Waals surface area contributed by atoms with Crippen LogP contribution in [0, 0.1) is 0 Å². The Kier molecular flexibility index (Phi) is 5.50. The lowest BCUT2D eigenvalue weighted by Gasteiger charge is -2.20. The second-order valence-corrected chi connectivity index (χ2v) is 6.25. The van der Waals surface area contributed by atoms with Crippen molar-refractivity contribution in [1.82, 2.24) is 20.1 Å². The number of nitrogen functional groups attached to an aromatic ring is 1. The number of hydrogen-bond donors (Lipinski definition) is 1. The Morgan fingerprint density at radius 1 is 1.13 bits per heavy atom. The number of ether oxygens (including phenoxy) is 1. The second-order valence-electron chi connectivity index (χ2n) is 5.86. The average molecular weight is 454 g/mol. The number of alkyl halides is 6. The zero-order chi connectivity index (χ0) is 22.3. The molecule has 0 bridgehead atoms. The first-order valence-corrected chi connectivity index (χ1v) is 8.31. The zero-order valence-corrected chi connectivity index (χ0v) is 15.5. The van der Waals surface area contributed by atoms with E-state index in [9.17, 15) is 26.3 Å². The number of hydrogen-bond acceptors (Lipinski definition) is 7. The molecule has 0 amide bonds. The molecular formula is C16H10ClF6N5O2. The van der Waals surface area contributed by atoms with Gasteiger partial charge in [0.1, 0.15) is 10.9 Å². The van der Waals surface area contributed by atoms with Gasteiger partial charge in [0.2, 0.25) is 5.82 Å². The maximum Gasteiger partial charge on any atom is 0.425 e. The molecule has 2 heterocycles. The van der Waals surface area contributed by atoms with Crippen molar-refractivity contribution in [2.24, 2.45) is 0 Å². The molecule has 0 aliphatic heterocycles. The van der Waals surface area contributed by atoms with Crippen LogP contribution >= 0.6 is 11.6 Å². The molecule has 2 N–H and O–H groups in total. The summed E-state index contributed by atoms with van der Waals surface area (Å²) in [4.78, 5) is 11.5. The van der Waals surface area contributed by atoms with E-state index < -0.39 is 29.8 Å². The monoisotopic (exact) mass is 453 g/mol. The Balaban J connectivity index is 2.00. The minimum absolute atomic E-state index is 0.0369. The summed E-state index contributed by atoms with van der Waals surface area (Å²) < 4.78 is 87.5. The molecule has 0 fully saturated rings. The van der Waals surface area contributed by atoms with Gasteiger partial charge in [-0.05, 0) is 25.1 Å². The third kappa shape index (κ3) is 4.56. The lowest BCUT2D eigenvalue weighted by molar-refractivity contribution is -0.191. The molecule has 0 spiro atoms. The van der Waals surface area contributed by atoms with Crippen LogP contribution in [0.4, 0.5) is 32.2 Å². The van der Waals surface area contributed by atoms with Crippen LogP contribution in [0.3, 0.4) is 0 Å². The van der Waals surface area contributed by atoms with Gasteiger partial charge in [-0.3, -0.25) is 0 Å². The predicted octanol–water partition coefficient (Wildman–Crippen LogP) is 4.78. The first kappa shape index (κ1) is 21.6. The van der Waals surface area contributed by atoms with Crippen LogP contribution in [-0.4, -0.2) is 32.4 Å². The van der Waals surface area contributed by atoms with E-state index in [4.69, 9.17) is 21.9 Å². The van der Waals surface area contributed by atoms with Crippen LogP contribution in [0.2, 0.25) is 5.15 Å². The van der Waals surface area contributed by atoms with Gasteiger partial charge in [-0.2, -0.15) is 31.3 Å². The van der Waals surface area contributed by atoms with Gasteiger partial charge in [-0.15, -0.1) is 0 Å². The Bertz CT molecular complexity index is 1070. The van der Waals surface area contributed by atoms with E-state index in [1.54, 1.807) is 0 Å². The van der Waals surface area contributed by atoms with E-state index in [1.165, 1.54) is 0 Å². The summed E-state index contributed by atoms with van der Waals surface area (Å²) in [5, 5.41) is 3.53. The minimum Gasteiger partial charge on any atom is -0.481 e. The Morgan fingerprint density at radius 2 is 1.83 bits per heavy atom. The molecule has 0 saturated heterocycles. The molecule has 0 radical (unpaired) electrons. The SMILES string of the molecule is CC(Oc1ccc(-c2nc(-c3nc(Cl)cnc3N)no2)cc1C(F)(F)F)C(F)(F)F. The van der Waals surface area contributed by atoms with Crippen molar-refractivity contribution < 1.29 is 35.6 Å². The van der Waals surface area contributed by atoms with Crippen molar-refractivity contribution in [2.75, 3.05) is 5.73 Å². The maximum atomic E-state index is 13.4. The molecule has 2 aromatic heterocycles. The first-order valence-electron chi connectivity index (χ1n) is 7.93. The molecule has 30 heavy (non-hydrogen) atoms. The van der Waals surface area contributed by atoms with Gasteiger partial charge in [0.15, 0.2) is 17.6 Å². The largest absolute Gasteiger partial charge is 0.481 e. The van der Waals surface area contributed by atoms with Crippen molar-refractivity contribution in [2.45, 2.75) is 25.4 Å². The third-order valence-corrected chi connectivity index (χ3v) is 3.89. The minimum atomic E-state index is -5.01.